The van der Waals surface area contributed by atoms with Crippen LogP contribution < -0.4 is 5.11 Å². The van der Waals surface area contributed by atoms with Gasteiger partial charge in [0.2, 0.25) is 0 Å². The van der Waals surface area contributed by atoms with Crippen LogP contribution in [-0.4, -0.2) is 29.0 Å². The maximum absolute atomic E-state index is 12.0. The molecule has 1 saturated heterocycles. The zero-order valence-electron chi connectivity index (χ0n) is 24.8. The van der Waals surface area contributed by atoms with E-state index < -0.39 is 5.97 Å². The molecule has 35 heavy (non-hydrogen) atoms. The molecule has 1 aliphatic heterocycles. The van der Waals surface area contributed by atoms with Gasteiger partial charge >= 0.3 is 0 Å². The van der Waals surface area contributed by atoms with E-state index in [4.69, 9.17) is 0 Å². The fourth-order valence-electron chi connectivity index (χ4n) is 6.55. The van der Waals surface area contributed by atoms with Gasteiger partial charge in [0.15, 0.2) is 0 Å². The first-order chi connectivity index (χ1) is 16.6. The third-order valence-electron chi connectivity index (χ3n) is 9.08. The lowest BCUT2D eigenvalue weighted by molar-refractivity contribution is -0.314. The zero-order valence-corrected chi connectivity index (χ0v) is 24.8. The number of aliphatic carboxylic acids is 1. The Hall–Kier alpha value is -0.570. The molecule has 0 amide bonds. The second kappa shape index (κ2) is 17.8. The van der Waals surface area contributed by atoms with Gasteiger partial charge in [0.1, 0.15) is 0 Å². The molecule has 1 heterocycles. The summed E-state index contributed by atoms with van der Waals surface area (Å²) in [5, 5.41) is 12.0. The predicted octanol–water partition coefficient (Wildman–Crippen LogP) is 8.68. The summed E-state index contributed by atoms with van der Waals surface area (Å²) in [5.74, 6) is -0.881. The molecule has 3 nitrogen and oxygen atoms in total. The SMILES string of the molecule is CCCCCCCCCCCCCCCCCCCCC(C(=O)[O-])C1CC(C)(C)N(C)C(C)(C)C1. The predicted molar refractivity (Wildman–Crippen MR) is 151 cm³/mol. The number of carboxylic acid groups (broad SMARTS) is 1. The van der Waals surface area contributed by atoms with Crippen molar-refractivity contribution in [3.8, 4) is 0 Å². The Labute approximate surface area is 220 Å². The van der Waals surface area contributed by atoms with Crippen molar-refractivity contribution in [2.45, 2.75) is 181 Å². The van der Waals surface area contributed by atoms with E-state index in [-0.39, 0.29) is 22.9 Å². The van der Waals surface area contributed by atoms with Crippen LogP contribution in [0.5, 0.6) is 0 Å². The highest BCUT2D eigenvalue weighted by atomic mass is 16.4. The van der Waals surface area contributed by atoms with Crippen molar-refractivity contribution in [1.82, 2.24) is 4.90 Å². The van der Waals surface area contributed by atoms with E-state index in [0.29, 0.717) is 0 Å². The van der Waals surface area contributed by atoms with E-state index in [0.717, 1.165) is 25.7 Å². The van der Waals surface area contributed by atoms with Gasteiger partial charge in [-0.05, 0) is 59.9 Å². The summed E-state index contributed by atoms with van der Waals surface area (Å²) in [6.07, 6.45) is 27.2. The van der Waals surface area contributed by atoms with Crippen LogP contribution in [0, 0.1) is 11.8 Å². The molecule has 1 atom stereocenters. The second-order valence-corrected chi connectivity index (χ2v) is 13.1. The molecule has 0 aromatic heterocycles. The number of rotatable bonds is 21. The average Bonchev–Trinajstić information content (AvgIpc) is 2.78. The molecule has 208 valence electrons. The number of carbonyl (C=O) groups is 1. The molecule has 0 aromatic rings. The van der Waals surface area contributed by atoms with Gasteiger partial charge in [0.05, 0.1) is 0 Å². The largest absolute Gasteiger partial charge is 0.550 e. The number of unbranched alkanes of at least 4 members (excludes halogenated alkanes) is 17. The van der Waals surface area contributed by atoms with Crippen molar-refractivity contribution in [2.24, 2.45) is 11.8 Å². The van der Waals surface area contributed by atoms with Crippen molar-refractivity contribution in [1.29, 1.82) is 0 Å². The first kappa shape index (κ1) is 32.5. The van der Waals surface area contributed by atoms with Crippen molar-refractivity contribution < 1.29 is 9.90 Å². The van der Waals surface area contributed by atoms with Crippen LogP contribution in [0.15, 0.2) is 0 Å². The highest BCUT2D eigenvalue weighted by Crippen LogP contribution is 2.44. The Kier molecular flexibility index (Phi) is 16.5. The minimum absolute atomic E-state index is 0.0357. The van der Waals surface area contributed by atoms with Gasteiger partial charge in [-0.3, -0.25) is 4.90 Å². The van der Waals surface area contributed by atoms with Gasteiger partial charge in [-0.25, -0.2) is 0 Å². The maximum atomic E-state index is 12.0. The fourth-order valence-corrected chi connectivity index (χ4v) is 6.55. The van der Waals surface area contributed by atoms with Crippen LogP contribution in [0.4, 0.5) is 0 Å². The van der Waals surface area contributed by atoms with Crippen molar-refractivity contribution in [2.75, 3.05) is 7.05 Å². The first-order valence-corrected chi connectivity index (χ1v) is 15.6. The fraction of sp³-hybridized carbons (Fsp3) is 0.969. The molecule has 0 aromatic carbocycles. The normalized spacial score (nSPS) is 19.1. The summed E-state index contributed by atoms with van der Waals surface area (Å²) in [6, 6.07) is 0. The van der Waals surface area contributed by atoms with Gasteiger partial charge in [0.25, 0.3) is 0 Å². The smallest absolute Gasteiger partial charge is 0.0448 e. The van der Waals surface area contributed by atoms with Gasteiger partial charge in [-0.15, -0.1) is 0 Å². The first-order valence-electron chi connectivity index (χ1n) is 15.6. The summed E-state index contributed by atoms with van der Waals surface area (Å²) < 4.78 is 0. The van der Waals surface area contributed by atoms with Crippen LogP contribution in [0.25, 0.3) is 0 Å². The van der Waals surface area contributed by atoms with Gasteiger partial charge in [-0.2, -0.15) is 0 Å². The summed E-state index contributed by atoms with van der Waals surface area (Å²) in [6.45, 7) is 11.3. The van der Waals surface area contributed by atoms with Crippen LogP contribution >= 0.6 is 0 Å². The Morgan fingerprint density at radius 3 is 1.31 bits per heavy atom. The molecule has 3 heteroatoms. The van der Waals surface area contributed by atoms with Crippen molar-refractivity contribution in [3.63, 3.8) is 0 Å². The summed E-state index contributed by atoms with van der Waals surface area (Å²) in [5.41, 5.74) is 0.0714. The molecule has 0 spiro atoms. The number of likely N-dealkylation sites (tertiary alicyclic amines) is 1. The standard InChI is InChI=1S/C32H63NO2/c1-7-8-9-10-11-12-13-14-15-16-17-18-19-20-21-22-23-24-25-29(30(34)35)28-26-31(2,3)33(6)32(4,5)27-28/h28-29H,7-27H2,1-6H3,(H,34,35)/p-1. The molecule has 1 fully saturated rings. The van der Waals surface area contributed by atoms with E-state index in [9.17, 15) is 9.90 Å². The molecule has 0 bridgehead atoms. The number of piperidine rings is 1. The molecule has 0 saturated carbocycles. The van der Waals surface area contributed by atoms with Crippen LogP contribution in [-0.2, 0) is 4.79 Å². The van der Waals surface area contributed by atoms with Crippen LogP contribution in [0.1, 0.15) is 169 Å². The molecule has 0 aliphatic carbocycles. The molecular formula is C32H62NO2-. The lowest BCUT2D eigenvalue weighted by Crippen LogP contribution is -2.60. The number of hydrogen-bond acceptors (Lipinski definition) is 3. The number of hydrogen-bond donors (Lipinski definition) is 0. The minimum Gasteiger partial charge on any atom is -0.550 e. The Balaban J connectivity index is 2.03. The maximum Gasteiger partial charge on any atom is 0.0448 e. The van der Waals surface area contributed by atoms with E-state index in [2.05, 4.69) is 46.6 Å². The number of nitrogens with zero attached hydrogens (tertiary/aromatic N) is 1. The summed E-state index contributed by atoms with van der Waals surface area (Å²) >= 11 is 0. The second-order valence-electron chi connectivity index (χ2n) is 13.1. The molecule has 1 rings (SSSR count). The van der Waals surface area contributed by atoms with Gasteiger partial charge in [-0.1, -0.05) is 122 Å². The molecule has 0 N–H and O–H groups in total. The zero-order chi connectivity index (χ0) is 26.2. The highest BCUT2D eigenvalue weighted by molar-refractivity contribution is 5.68. The summed E-state index contributed by atoms with van der Waals surface area (Å²) in [4.78, 5) is 14.4. The van der Waals surface area contributed by atoms with Crippen molar-refractivity contribution in [3.05, 3.63) is 0 Å². The third-order valence-corrected chi connectivity index (χ3v) is 9.08. The monoisotopic (exact) mass is 492 g/mol. The number of carbonyl (C=O) groups excluding carboxylic acids is 1. The lowest BCUT2D eigenvalue weighted by Gasteiger charge is -2.55. The van der Waals surface area contributed by atoms with Gasteiger partial charge < -0.3 is 9.90 Å². The Morgan fingerprint density at radius 2 is 1.00 bits per heavy atom. The van der Waals surface area contributed by atoms with Gasteiger partial charge in [0, 0.05) is 23.0 Å². The molecular weight excluding hydrogens is 430 g/mol. The minimum atomic E-state index is -0.821. The summed E-state index contributed by atoms with van der Waals surface area (Å²) in [7, 11) is 2.18. The molecule has 1 aliphatic rings. The van der Waals surface area contributed by atoms with Crippen molar-refractivity contribution >= 4 is 5.97 Å². The quantitative estimate of drug-likeness (QED) is 0.150. The van der Waals surface area contributed by atoms with E-state index in [1.54, 1.807) is 0 Å². The van der Waals surface area contributed by atoms with E-state index in [1.807, 2.05) is 0 Å². The molecule has 0 radical (unpaired) electrons. The van der Waals surface area contributed by atoms with E-state index >= 15 is 0 Å². The van der Waals surface area contributed by atoms with E-state index in [1.165, 1.54) is 109 Å². The van der Waals surface area contributed by atoms with Crippen LogP contribution in [0.2, 0.25) is 0 Å². The van der Waals surface area contributed by atoms with Crippen LogP contribution in [0.3, 0.4) is 0 Å². The topological polar surface area (TPSA) is 43.4 Å². The third kappa shape index (κ3) is 13.5. The lowest BCUT2D eigenvalue weighted by atomic mass is 9.68. The Morgan fingerprint density at radius 1 is 0.686 bits per heavy atom. The molecule has 1 unspecified atom stereocenters. The number of carboxylic acids is 1. The average molecular weight is 493 g/mol. The highest BCUT2D eigenvalue weighted by Gasteiger charge is 2.45. The Bertz CT molecular complexity index is 524.